The number of hydrogen-bond donors (Lipinski definition) is 4. The topological polar surface area (TPSA) is 208 Å². The number of hydrogen-bond acceptors (Lipinski definition) is 14. The average Bonchev–Trinajstić information content (AvgIpc) is 3.57. The lowest BCUT2D eigenvalue weighted by Gasteiger charge is -2.42. The number of nitrogens with one attached hydrogen (secondary N) is 4. The second-order valence-corrected chi connectivity index (χ2v) is 16.8. The van der Waals surface area contributed by atoms with Gasteiger partial charge in [0.05, 0.1) is 54.1 Å². The molecule has 5 heterocycles. The second kappa shape index (κ2) is 20.7. The van der Waals surface area contributed by atoms with E-state index in [9.17, 15) is 33.2 Å². The molecule has 0 saturated carbocycles. The van der Waals surface area contributed by atoms with Gasteiger partial charge in [0.1, 0.15) is 29.8 Å². The zero-order chi connectivity index (χ0) is 46.3. The molecule has 66 heavy (non-hydrogen) atoms. The summed E-state index contributed by atoms with van der Waals surface area (Å²) in [7, 11) is 1.51. The van der Waals surface area contributed by atoms with Gasteiger partial charge in [-0.05, 0) is 68.8 Å². The maximum absolute atomic E-state index is 13.7. The summed E-state index contributed by atoms with van der Waals surface area (Å²) in [4.78, 5) is 92.8. The maximum atomic E-state index is 13.7. The van der Waals surface area contributed by atoms with Crippen LogP contribution in [0.1, 0.15) is 52.8 Å². The van der Waals surface area contributed by atoms with Gasteiger partial charge in [-0.3, -0.25) is 48.8 Å². The normalized spacial score (nSPS) is 18.5. The summed E-state index contributed by atoms with van der Waals surface area (Å²) in [6.45, 7) is 6.12. The quantitative estimate of drug-likeness (QED) is 0.0707. The lowest BCUT2D eigenvalue weighted by atomic mass is 10.0. The van der Waals surface area contributed by atoms with Gasteiger partial charge in [-0.15, -0.1) is 0 Å². The number of methoxy groups -OCH3 is 1. The Morgan fingerprint density at radius 1 is 0.939 bits per heavy atom. The van der Waals surface area contributed by atoms with E-state index in [4.69, 9.17) is 21.1 Å². The van der Waals surface area contributed by atoms with Crippen molar-refractivity contribution >= 4 is 80.8 Å². The largest absolute Gasteiger partial charge is 0.494 e. The number of fused-ring (bicyclic) bond motifs is 2. The molecule has 0 spiro atoms. The van der Waals surface area contributed by atoms with Crippen molar-refractivity contribution in [2.45, 2.75) is 44.2 Å². The van der Waals surface area contributed by atoms with Gasteiger partial charge >= 0.3 is 0 Å². The molecule has 3 aromatic carbocycles. The molecule has 8 rings (SSSR count). The lowest BCUT2D eigenvalue weighted by Crippen LogP contribution is -2.54. The van der Waals surface area contributed by atoms with E-state index in [1.165, 1.54) is 31.6 Å². The first-order valence-corrected chi connectivity index (χ1v) is 22.3. The summed E-state index contributed by atoms with van der Waals surface area (Å²) in [5.74, 6) is -2.19. The molecule has 3 fully saturated rings. The third kappa shape index (κ3) is 10.4. The SMILES string of the molecule is COc1cc2ncnc(Nc3ccc(F)c(Cl)c3)c2cc1NC(=O)/C=C/CN1CCC(N2CCN(C(=O)CCOCCNc3cccc4c3C(=O)N(C3CCC(=O)NC3=O)C4=O)CC2)CC1. The van der Waals surface area contributed by atoms with Crippen molar-refractivity contribution in [2.75, 3.05) is 88.6 Å². The lowest BCUT2D eigenvalue weighted by molar-refractivity contribution is -0.136. The van der Waals surface area contributed by atoms with E-state index in [1.54, 1.807) is 36.4 Å². The number of piperidine rings is 2. The van der Waals surface area contributed by atoms with Crippen molar-refractivity contribution in [1.29, 1.82) is 0 Å². The number of aromatic nitrogens is 2. The van der Waals surface area contributed by atoms with Crippen LogP contribution in [-0.4, -0.2) is 150 Å². The van der Waals surface area contributed by atoms with Crippen LogP contribution in [0.5, 0.6) is 5.75 Å². The number of benzene rings is 3. The smallest absolute Gasteiger partial charge is 0.264 e. The predicted molar refractivity (Wildman–Crippen MR) is 243 cm³/mol. The number of ether oxygens (including phenoxy) is 2. The summed E-state index contributed by atoms with van der Waals surface area (Å²) in [6, 6.07) is 12.0. The molecular weight excluding hydrogens is 875 g/mol. The zero-order valence-electron chi connectivity index (χ0n) is 36.3. The van der Waals surface area contributed by atoms with Crippen molar-refractivity contribution in [3.63, 3.8) is 0 Å². The van der Waals surface area contributed by atoms with Crippen LogP contribution >= 0.6 is 11.6 Å². The third-order valence-corrected chi connectivity index (χ3v) is 12.5. The zero-order valence-corrected chi connectivity index (χ0v) is 37.1. The Balaban J connectivity index is 0.720. The van der Waals surface area contributed by atoms with Gasteiger partial charge in [0.2, 0.25) is 23.6 Å². The molecule has 1 aromatic heterocycles. The minimum atomic E-state index is -1.04. The molecule has 4 aliphatic heterocycles. The third-order valence-electron chi connectivity index (χ3n) is 12.3. The van der Waals surface area contributed by atoms with E-state index < -0.39 is 35.5 Å². The fourth-order valence-electron chi connectivity index (χ4n) is 8.79. The van der Waals surface area contributed by atoms with E-state index in [2.05, 4.69) is 41.0 Å². The van der Waals surface area contributed by atoms with Crippen LogP contribution in [0.25, 0.3) is 10.9 Å². The molecule has 4 aliphatic rings. The minimum absolute atomic E-state index is 0.0283. The number of carbonyl (C=O) groups excluding carboxylic acids is 6. The Kier molecular flexibility index (Phi) is 14.5. The molecular formula is C46H50ClFN10O8. The molecule has 0 bridgehead atoms. The van der Waals surface area contributed by atoms with Crippen molar-refractivity contribution in [3.05, 3.63) is 89.0 Å². The Morgan fingerprint density at radius 2 is 1.74 bits per heavy atom. The second-order valence-electron chi connectivity index (χ2n) is 16.4. The van der Waals surface area contributed by atoms with Crippen LogP contribution in [-0.2, 0) is 23.9 Å². The van der Waals surface area contributed by atoms with E-state index >= 15 is 0 Å². The summed E-state index contributed by atoms with van der Waals surface area (Å²) >= 11 is 5.97. The first-order valence-electron chi connectivity index (χ1n) is 21.9. The summed E-state index contributed by atoms with van der Waals surface area (Å²) in [6.07, 6.45) is 7.11. The maximum Gasteiger partial charge on any atom is 0.264 e. The van der Waals surface area contributed by atoms with Crippen molar-refractivity contribution in [1.82, 2.24) is 34.9 Å². The van der Waals surface area contributed by atoms with Gasteiger partial charge in [-0.1, -0.05) is 23.7 Å². The van der Waals surface area contributed by atoms with Gasteiger partial charge in [0.15, 0.2) is 0 Å². The van der Waals surface area contributed by atoms with Gasteiger partial charge in [-0.2, -0.15) is 0 Å². The Hall–Kier alpha value is -6.54. The Morgan fingerprint density at radius 3 is 2.50 bits per heavy atom. The number of nitrogens with zero attached hydrogens (tertiary/aromatic N) is 6. The molecule has 1 atom stereocenters. The molecule has 4 aromatic rings. The highest BCUT2D eigenvalue weighted by Crippen LogP contribution is 2.35. The van der Waals surface area contributed by atoms with Gasteiger partial charge in [0.25, 0.3) is 11.8 Å². The molecule has 346 valence electrons. The molecule has 18 nitrogen and oxygen atoms in total. The highest BCUT2D eigenvalue weighted by Gasteiger charge is 2.45. The number of piperazine rings is 1. The first kappa shape index (κ1) is 46.0. The van der Waals surface area contributed by atoms with Gasteiger partial charge in [0, 0.05) is 80.6 Å². The van der Waals surface area contributed by atoms with Crippen molar-refractivity contribution in [2.24, 2.45) is 0 Å². The van der Waals surface area contributed by atoms with Gasteiger partial charge < -0.3 is 30.3 Å². The molecule has 20 heteroatoms. The summed E-state index contributed by atoms with van der Waals surface area (Å²) in [5, 5.41) is 12.0. The number of carbonyl (C=O) groups is 6. The Bertz CT molecular complexity index is 2560. The average molecular weight is 925 g/mol. The number of halogens is 2. The van der Waals surface area contributed by atoms with Crippen LogP contribution in [0.2, 0.25) is 5.02 Å². The molecule has 6 amide bonds. The molecule has 3 saturated heterocycles. The number of amides is 6. The standard InChI is InChI=1S/C46H50ClFN10O8/c1-65-38-26-35-31(43(51-27-50-35)52-28-7-8-33(48)32(47)24-28)25-36(38)53-39(59)6-3-15-55-16-11-29(12-17-55)56-18-20-57(21-19-56)41(61)13-22-66-23-14-49-34-5-2-4-30-42(34)46(64)58(45(30)63)37-9-10-40(60)54-44(37)62/h2-8,24-27,29,37,49H,9-23H2,1H3,(H,53,59)(H,50,51,52)(H,54,60,62)/b6-3+. The van der Waals surface area contributed by atoms with Crippen molar-refractivity contribution in [3.8, 4) is 5.75 Å². The highest BCUT2D eigenvalue weighted by atomic mass is 35.5. The van der Waals surface area contributed by atoms with Crippen molar-refractivity contribution < 1.29 is 42.6 Å². The Labute approximate surface area is 384 Å². The van der Waals surface area contributed by atoms with Crippen LogP contribution < -0.4 is 26.0 Å². The molecule has 0 radical (unpaired) electrons. The summed E-state index contributed by atoms with van der Waals surface area (Å²) < 4.78 is 25.0. The number of likely N-dealkylation sites (tertiary alicyclic amines) is 1. The molecule has 0 aliphatic carbocycles. The van der Waals surface area contributed by atoms with E-state index in [1.807, 2.05) is 11.0 Å². The van der Waals surface area contributed by atoms with E-state index in [0.717, 1.165) is 43.9 Å². The van der Waals surface area contributed by atoms with E-state index in [-0.39, 0.29) is 60.4 Å². The monoisotopic (exact) mass is 924 g/mol. The predicted octanol–water partition coefficient (Wildman–Crippen LogP) is 4.20. The van der Waals surface area contributed by atoms with Crippen LogP contribution in [0.15, 0.2) is 67.0 Å². The van der Waals surface area contributed by atoms with E-state index in [0.29, 0.717) is 71.8 Å². The van der Waals surface area contributed by atoms with Crippen LogP contribution in [0.3, 0.4) is 0 Å². The first-order chi connectivity index (χ1) is 32.0. The van der Waals surface area contributed by atoms with Gasteiger partial charge in [-0.25, -0.2) is 14.4 Å². The fraction of sp³-hybridized carbons (Fsp3) is 0.391. The van der Waals surface area contributed by atoms with Crippen LogP contribution in [0, 0.1) is 5.82 Å². The summed E-state index contributed by atoms with van der Waals surface area (Å²) in [5.41, 5.74) is 2.37. The van der Waals surface area contributed by atoms with Crippen LogP contribution in [0.4, 0.5) is 27.3 Å². The number of anilines is 4. The minimum Gasteiger partial charge on any atom is -0.494 e. The number of rotatable bonds is 16. The molecule has 4 N–H and O–H groups in total. The number of imide groups is 2. The molecule has 1 unspecified atom stereocenters. The fourth-order valence-corrected chi connectivity index (χ4v) is 8.97. The highest BCUT2D eigenvalue weighted by molar-refractivity contribution is 6.31.